The van der Waals surface area contributed by atoms with E-state index in [0.29, 0.717) is 11.8 Å². The second-order valence-corrected chi connectivity index (χ2v) is 5.49. The Bertz CT molecular complexity index is 260. The first-order valence-electron chi connectivity index (χ1n) is 8.02. The molecular formula is C17H33NO. The molecule has 0 heterocycles. The molecule has 0 aliphatic rings. The van der Waals surface area contributed by atoms with E-state index in [0.717, 1.165) is 25.9 Å². The maximum absolute atomic E-state index is 12.3. The van der Waals surface area contributed by atoms with Crippen molar-refractivity contribution in [3.05, 3.63) is 12.2 Å². The SMILES string of the molecule is CCCCC=CCCN(CC)C(=O)C(C)C(C)CC. The van der Waals surface area contributed by atoms with Crippen LogP contribution in [0.15, 0.2) is 12.2 Å². The van der Waals surface area contributed by atoms with Gasteiger partial charge in [-0.3, -0.25) is 4.79 Å². The lowest BCUT2D eigenvalue weighted by molar-refractivity contribution is -0.136. The van der Waals surface area contributed by atoms with Crippen molar-refractivity contribution in [2.24, 2.45) is 11.8 Å². The van der Waals surface area contributed by atoms with Crippen LogP contribution in [0.3, 0.4) is 0 Å². The number of unbranched alkanes of at least 4 members (excludes halogenated alkanes) is 2. The Balaban J connectivity index is 4.12. The van der Waals surface area contributed by atoms with Gasteiger partial charge in [0.2, 0.25) is 5.91 Å². The van der Waals surface area contributed by atoms with Gasteiger partial charge in [-0.2, -0.15) is 0 Å². The number of nitrogens with zero attached hydrogens (tertiary/aromatic N) is 1. The van der Waals surface area contributed by atoms with Crippen LogP contribution in [0.5, 0.6) is 0 Å². The van der Waals surface area contributed by atoms with Crippen LogP contribution in [-0.2, 0) is 4.79 Å². The third-order valence-corrected chi connectivity index (χ3v) is 4.04. The maximum Gasteiger partial charge on any atom is 0.225 e. The lowest BCUT2D eigenvalue weighted by Gasteiger charge is -2.26. The molecule has 0 saturated carbocycles. The lowest BCUT2D eigenvalue weighted by Crippen LogP contribution is -2.37. The molecule has 0 aromatic carbocycles. The highest BCUT2D eigenvalue weighted by Crippen LogP contribution is 2.17. The topological polar surface area (TPSA) is 20.3 Å². The minimum Gasteiger partial charge on any atom is -0.342 e. The Morgan fingerprint density at radius 2 is 1.74 bits per heavy atom. The molecular weight excluding hydrogens is 234 g/mol. The fraction of sp³-hybridized carbons (Fsp3) is 0.824. The highest BCUT2D eigenvalue weighted by atomic mass is 16.2. The predicted octanol–water partition coefficient (Wildman–Crippen LogP) is 4.65. The number of hydrogen-bond acceptors (Lipinski definition) is 1. The lowest BCUT2D eigenvalue weighted by atomic mass is 9.92. The molecule has 0 aliphatic carbocycles. The quantitative estimate of drug-likeness (QED) is 0.416. The first-order valence-corrected chi connectivity index (χ1v) is 8.02. The van der Waals surface area contributed by atoms with E-state index in [1.54, 1.807) is 0 Å². The normalized spacial score (nSPS) is 14.6. The highest BCUT2D eigenvalue weighted by Gasteiger charge is 2.22. The standard InChI is InChI=1S/C17H33NO/c1-6-9-10-11-12-13-14-18(8-3)17(19)16(5)15(4)7-2/h11-12,15-16H,6-10,13-14H2,1-5H3. The van der Waals surface area contributed by atoms with Crippen LogP contribution in [0.2, 0.25) is 0 Å². The summed E-state index contributed by atoms with van der Waals surface area (Å²) in [6, 6.07) is 0. The smallest absolute Gasteiger partial charge is 0.225 e. The molecule has 0 fully saturated rings. The minimum absolute atomic E-state index is 0.147. The minimum atomic E-state index is 0.147. The first kappa shape index (κ1) is 18.2. The number of hydrogen-bond donors (Lipinski definition) is 0. The second-order valence-electron chi connectivity index (χ2n) is 5.49. The molecule has 0 saturated heterocycles. The van der Waals surface area contributed by atoms with Crippen molar-refractivity contribution in [3.8, 4) is 0 Å². The van der Waals surface area contributed by atoms with E-state index < -0.39 is 0 Å². The summed E-state index contributed by atoms with van der Waals surface area (Å²) >= 11 is 0. The van der Waals surface area contributed by atoms with E-state index in [1.165, 1.54) is 19.3 Å². The van der Waals surface area contributed by atoms with Crippen LogP contribution in [0.25, 0.3) is 0 Å². The molecule has 2 atom stereocenters. The van der Waals surface area contributed by atoms with Gasteiger partial charge in [0.25, 0.3) is 0 Å². The number of allylic oxidation sites excluding steroid dienone is 1. The van der Waals surface area contributed by atoms with Crippen molar-refractivity contribution in [1.82, 2.24) is 4.90 Å². The fourth-order valence-corrected chi connectivity index (χ4v) is 2.10. The molecule has 0 bridgehead atoms. The van der Waals surface area contributed by atoms with Crippen LogP contribution in [0.4, 0.5) is 0 Å². The molecule has 2 heteroatoms. The van der Waals surface area contributed by atoms with Gasteiger partial charge in [0.05, 0.1) is 0 Å². The van der Waals surface area contributed by atoms with Gasteiger partial charge in [0.1, 0.15) is 0 Å². The summed E-state index contributed by atoms with van der Waals surface area (Å²) in [5.74, 6) is 0.939. The molecule has 0 aromatic heterocycles. The summed E-state index contributed by atoms with van der Waals surface area (Å²) in [7, 11) is 0. The van der Waals surface area contributed by atoms with Crippen LogP contribution >= 0.6 is 0 Å². The van der Waals surface area contributed by atoms with Crippen molar-refractivity contribution in [2.45, 2.75) is 66.7 Å². The Morgan fingerprint density at radius 3 is 2.26 bits per heavy atom. The summed E-state index contributed by atoms with van der Waals surface area (Å²) < 4.78 is 0. The summed E-state index contributed by atoms with van der Waals surface area (Å²) in [6.45, 7) is 12.4. The van der Waals surface area contributed by atoms with Gasteiger partial charge in [0, 0.05) is 19.0 Å². The van der Waals surface area contributed by atoms with E-state index in [1.807, 2.05) is 4.90 Å². The number of rotatable bonds is 10. The van der Waals surface area contributed by atoms with E-state index in [2.05, 4.69) is 46.8 Å². The van der Waals surface area contributed by atoms with Gasteiger partial charge in [-0.25, -0.2) is 0 Å². The Kier molecular flexibility index (Phi) is 10.6. The van der Waals surface area contributed by atoms with Crippen molar-refractivity contribution in [3.63, 3.8) is 0 Å². The zero-order valence-electron chi connectivity index (χ0n) is 13.6. The van der Waals surface area contributed by atoms with Gasteiger partial charge < -0.3 is 4.90 Å². The third kappa shape index (κ3) is 7.39. The zero-order chi connectivity index (χ0) is 14.7. The van der Waals surface area contributed by atoms with Crippen LogP contribution in [-0.4, -0.2) is 23.9 Å². The van der Waals surface area contributed by atoms with Gasteiger partial charge >= 0.3 is 0 Å². The van der Waals surface area contributed by atoms with E-state index in [4.69, 9.17) is 0 Å². The molecule has 0 aliphatic heterocycles. The van der Waals surface area contributed by atoms with E-state index in [9.17, 15) is 4.79 Å². The molecule has 0 spiro atoms. The predicted molar refractivity (Wildman–Crippen MR) is 84.2 cm³/mol. The average molecular weight is 267 g/mol. The molecule has 19 heavy (non-hydrogen) atoms. The van der Waals surface area contributed by atoms with E-state index in [-0.39, 0.29) is 5.92 Å². The summed E-state index contributed by atoms with van der Waals surface area (Å²) in [6.07, 6.45) is 10.2. The Morgan fingerprint density at radius 1 is 1.11 bits per heavy atom. The fourth-order valence-electron chi connectivity index (χ4n) is 2.10. The van der Waals surface area contributed by atoms with Crippen LogP contribution in [0.1, 0.15) is 66.7 Å². The van der Waals surface area contributed by atoms with Gasteiger partial charge in [-0.15, -0.1) is 0 Å². The van der Waals surface area contributed by atoms with E-state index >= 15 is 0 Å². The largest absolute Gasteiger partial charge is 0.342 e. The molecule has 2 nitrogen and oxygen atoms in total. The number of carbonyl (C=O) groups excluding carboxylic acids is 1. The Labute approximate surface area is 120 Å². The third-order valence-electron chi connectivity index (χ3n) is 4.04. The second kappa shape index (κ2) is 11.1. The first-order chi connectivity index (χ1) is 9.08. The van der Waals surface area contributed by atoms with Crippen LogP contribution in [0, 0.1) is 11.8 Å². The average Bonchev–Trinajstić information content (AvgIpc) is 2.44. The van der Waals surface area contributed by atoms with Gasteiger partial charge in [-0.05, 0) is 25.7 Å². The molecule has 0 radical (unpaired) electrons. The van der Waals surface area contributed by atoms with Crippen molar-refractivity contribution >= 4 is 5.91 Å². The highest BCUT2D eigenvalue weighted by molar-refractivity contribution is 5.78. The molecule has 2 unspecified atom stereocenters. The Hall–Kier alpha value is -0.790. The molecule has 0 aromatic rings. The monoisotopic (exact) mass is 267 g/mol. The summed E-state index contributed by atoms with van der Waals surface area (Å²) in [5.41, 5.74) is 0. The molecule has 0 N–H and O–H groups in total. The van der Waals surface area contributed by atoms with Crippen molar-refractivity contribution in [1.29, 1.82) is 0 Å². The van der Waals surface area contributed by atoms with Crippen molar-refractivity contribution < 1.29 is 4.79 Å². The van der Waals surface area contributed by atoms with Crippen molar-refractivity contribution in [2.75, 3.05) is 13.1 Å². The number of amides is 1. The summed E-state index contributed by atoms with van der Waals surface area (Å²) in [5, 5.41) is 0. The zero-order valence-corrected chi connectivity index (χ0v) is 13.6. The summed E-state index contributed by atoms with van der Waals surface area (Å²) in [4.78, 5) is 14.3. The molecule has 112 valence electrons. The van der Waals surface area contributed by atoms with Gasteiger partial charge in [0.15, 0.2) is 0 Å². The number of carbonyl (C=O) groups is 1. The van der Waals surface area contributed by atoms with Crippen LogP contribution < -0.4 is 0 Å². The molecule has 0 rings (SSSR count). The maximum atomic E-state index is 12.3. The van der Waals surface area contributed by atoms with Gasteiger partial charge in [-0.1, -0.05) is 59.1 Å². The molecule has 1 amide bonds.